The van der Waals surface area contributed by atoms with Gasteiger partial charge in [0.15, 0.2) is 0 Å². The van der Waals surface area contributed by atoms with Crippen LogP contribution in [0, 0.1) is 5.82 Å². The molecular formula is C13H16F4O2. The van der Waals surface area contributed by atoms with Crippen LogP contribution >= 0.6 is 0 Å². The Labute approximate surface area is 108 Å². The largest absolute Gasteiger partial charge is 0.419 e. The van der Waals surface area contributed by atoms with Gasteiger partial charge in [0.25, 0.3) is 0 Å². The van der Waals surface area contributed by atoms with Crippen molar-refractivity contribution in [2.45, 2.75) is 44.6 Å². The zero-order chi connectivity index (χ0) is 14.8. The third-order valence-electron chi connectivity index (χ3n) is 3.35. The van der Waals surface area contributed by atoms with Gasteiger partial charge in [0.1, 0.15) is 11.9 Å². The quantitative estimate of drug-likeness (QED) is 0.830. The Morgan fingerprint density at radius 1 is 1.16 bits per heavy atom. The smallest absolute Gasteiger partial charge is 0.387 e. The van der Waals surface area contributed by atoms with E-state index in [0.717, 1.165) is 6.07 Å². The summed E-state index contributed by atoms with van der Waals surface area (Å²) in [6.07, 6.45) is -5.99. The molecule has 0 heterocycles. The molecule has 0 aliphatic carbocycles. The molecule has 0 spiro atoms. The third-order valence-corrected chi connectivity index (χ3v) is 3.35. The van der Waals surface area contributed by atoms with Gasteiger partial charge < -0.3 is 10.2 Å². The van der Waals surface area contributed by atoms with Crippen molar-refractivity contribution in [3.05, 3.63) is 35.1 Å². The summed E-state index contributed by atoms with van der Waals surface area (Å²) in [5.74, 6) is -1.40. The van der Waals surface area contributed by atoms with Gasteiger partial charge in [0.2, 0.25) is 0 Å². The molecule has 2 N–H and O–H groups in total. The van der Waals surface area contributed by atoms with Crippen molar-refractivity contribution >= 4 is 0 Å². The van der Waals surface area contributed by atoms with Gasteiger partial charge >= 0.3 is 6.18 Å². The summed E-state index contributed by atoms with van der Waals surface area (Å²) in [4.78, 5) is 0. The Kier molecular flexibility index (Phi) is 4.58. The SMILES string of the molecule is CCC(O)(CC)C(O)c1ccc(F)c(C(F)(F)F)c1. The summed E-state index contributed by atoms with van der Waals surface area (Å²) in [6, 6.07) is 2.23. The normalized spacial score (nSPS) is 14.5. The molecule has 2 nitrogen and oxygen atoms in total. The molecule has 0 saturated carbocycles. The summed E-state index contributed by atoms with van der Waals surface area (Å²) in [5.41, 5.74) is -3.13. The van der Waals surface area contributed by atoms with E-state index in [1.807, 2.05) is 0 Å². The molecular weight excluding hydrogens is 264 g/mol. The van der Waals surface area contributed by atoms with Crippen molar-refractivity contribution in [2.24, 2.45) is 0 Å². The van der Waals surface area contributed by atoms with Gasteiger partial charge in [-0.3, -0.25) is 0 Å². The fourth-order valence-electron chi connectivity index (χ4n) is 1.88. The highest BCUT2D eigenvalue weighted by atomic mass is 19.4. The topological polar surface area (TPSA) is 40.5 Å². The molecule has 0 amide bonds. The zero-order valence-corrected chi connectivity index (χ0v) is 10.6. The Bertz CT molecular complexity index is 439. The van der Waals surface area contributed by atoms with E-state index in [2.05, 4.69) is 0 Å². The lowest BCUT2D eigenvalue weighted by Gasteiger charge is -2.31. The van der Waals surface area contributed by atoms with E-state index in [0.29, 0.717) is 12.1 Å². The molecule has 1 unspecified atom stereocenters. The van der Waals surface area contributed by atoms with Crippen LogP contribution in [0.25, 0.3) is 0 Å². The second-order valence-corrected chi connectivity index (χ2v) is 4.45. The summed E-state index contributed by atoms with van der Waals surface area (Å²) in [6.45, 7) is 3.22. The fourth-order valence-corrected chi connectivity index (χ4v) is 1.88. The molecule has 1 aromatic rings. The molecule has 0 radical (unpaired) electrons. The Morgan fingerprint density at radius 2 is 1.68 bits per heavy atom. The van der Waals surface area contributed by atoms with Gasteiger partial charge in [-0.15, -0.1) is 0 Å². The molecule has 0 saturated heterocycles. The highest BCUT2D eigenvalue weighted by Crippen LogP contribution is 2.36. The first-order valence-electron chi connectivity index (χ1n) is 5.92. The second kappa shape index (κ2) is 5.46. The van der Waals surface area contributed by atoms with E-state index in [1.54, 1.807) is 13.8 Å². The molecule has 1 atom stereocenters. The van der Waals surface area contributed by atoms with E-state index in [9.17, 15) is 27.8 Å². The van der Waals surface area contributed by atoms with Crippen molar-refractivity contribution in [3.8, 4) is 0 Å². The first-order chi connectivity index (χ1) is 8.65. The van der Waals surface area contributed by atoms with Gasteiger partial charge in [-0.05, 0) is 30.5 Å². The predicted molar refractivity (Wildman–Crippen MR) is 61.9 cm³/mol. The summed E-state index contributed by atoms with van der Waals surface area (Å²) >= 11 is 0. The molecule has 0 aromatic heterocycles. The van der Waals surface area contributed by atoms with Crippen LogP contribution in [0.3, 0.4) is 0 Å². The minimum atomic E-state index is -4.84. The van der Waals surface area contributed by atoms with E-state index < -0.39 is 29.3 Å². The van der Waals surface area contributed by atoms with Crippen molar-refractivity contribution in [1.29, 1.82) is 0 Å². The van der Waals surface area contributed by atoms with Crippen LogP contribution in [0.4, 0.5) is 17.6 Å². The number of hydrogen-bond acceptors (Lipinski definition) is 2. The molecule has 1 aromatic carbocycles. The molecule has 0 aliphatic rings. The molecule has 1 rings (SSSR count). The van der Waals surface area contributed by atoms with Crippen LogP contribution < -0.4 is 0 Å². The number of hydrogen-bond donors (Lipinski definition) is 2. The Hall–Kier alpha value is -1.14. The van der Waals surface area contributed by atoms with Crippen molar-refractivity contribution < 1.29 is 27.8 Å². The fraction of sp³-hybridized carbons (Fsp3) is 0.538. The van der Waals surface area contributed by atoms with Crippen LogP contribution in [0.1, 0.15) is 43.9 Å². The maximum atomic E-state index is 13.1. The number of alkyl halides is 3. The third kappa shape index (κ3) is 3.25. The highest BCUT2D eigenvalue weighted by molar-refractivity contribution is 5.30. The maximum absolute atomic E-state index is 13.1. The van der Waals surface area contributed by atoms with Crippen LogP contribution in [0.5, 0.6) is 0 Å². The van der Waals surface area contributed by atoms with Crippen molar-refractivity contribution in [2.75, 3.05) is 0 Å². The molecule has 0 fully saturated rings. The second-order valence-electron chi connectivity index (χ2n) is 4.45. The Balaban J connectivity index is 3.23. The van der Waals surface area contributed by atoms with Crippen LogP contribution in [-0.4, -0.2) is 15.8 Å². The molecule has 0 bridgehead atoms. The summed E-state index contributed by atoms with van der Waals surface area (Å²) in [5, 5.41) is 20.1. The minimum Gasteiger partial charge on any atom is -0.387 e. The maximum Gasteiger partial charge on any atom is 0.419 e. The monoisotopic (exact) mass is 280 g/mol. The van der Waals surface area contributed by atoms with Gasteiger partial charge in [-0.25, -0.2) is 4.39 Å². The Morgan fingerprint density at radius 3 is 2.11 bits per heavy atom. The van der Waals surface area contributed by atoms with E-state index >= 15 is 0 Å². The number of aliphatic hydroxyl groups is 2. The van der Waals surface area contributed by atoms with E-state index in [-0.39, 0.29) is 18.4 Å². The lowest BCUT2D eigenvalue weighted by molar-refractivity contribution is -0.140. The number of benzene rings is 1. The van der Waals surface area contributed by atoms with Crippen LogP contribution in [0.15, 0.2) is 18.2 Å². The standard InChI is InChI=1S/C13H16F4O2/c1-3-12(19,4-2)11(18)8-5-6-10(14)9(7-8)13(15,16)17/h5-7,11,18-19H,3-4H2,1-2H3. The highest BCUT2D eigenvalue weighted by Gasteiger charge is 2.37. The zero-order valence-electron chi connectivity index (χ0n) is 10.6. The minimum absolute atomic E-state index is 0.153. The first kappa shape index (κ1) is 15.9. The summed E-state index contributed by atoms with van der Waals surface area (Å²) in [7, 11) is 0. The van der Waals surface area contributed by atoms with E-state index in [4.69, 9.17) is 0 Å². The lowest BCUT2D eigenvalue weighted by atomic mass is 9.86. The number of rotatable bonds is 4. The van der Waals surface area contributed by atoms with Crippen molar-refractivity contribution in [1.82, 2.24) is 0 Å². The van der Waals surface area contributed by atoms with Crippen LogP contribution in [0.2, 0.25) is 0 Å². The average molecular weight is 280 g/mol. The number of aliphatic hydroxyl groups excluding tert-OH is 1. The van der Waals surface area contributed by atoms with Gasteiger partial charge in [-0.2, -0.15) is 13.2 Å². The molecule has 6 heteroatoms. The molecule has 0 aliphatic heterocycles. The first-order valence-corrected chi connectivity index (χ1v) is 5.92. The molecule has 108 valence electrons. The molecule has 19 heavy (non-hydrogen) atoms. The van der Waals surface area contributed by atoms with Gasteiger partial charge in [0.05, 0.1) is 11.2 Å². The number of halogens is 4. The average Bonchev–Trinajstić information content (AvgIpc) is 2.36. The van der Waals surface area contributed by atoms with Gasteiger partial charge in [0, 0.05) is 0 Å². The predicted octanol–water partition coefficient (Wildman–Crippen LogP) is 3.43. The van der Waals surface area contributed by atoms with E-state index in [1.165, 1.54) is 0 Å². The summed E-state index contributed by atoms with van der Waals surface area (Å²) < 4.78 is 50.8. The van der Waals surface area contributed by atoms with Crippen molar-refractivity contribution in [3.63, 3.8) is 0 Å². The lowest BCUT2D eigenvalue weighted by Crippen LogP contribution is -2.35. The van der Waals surface area contributed by atoms with Gasteiger partial charge in [-0.1, -0.05) is 19.9 Å². The van der Waals surface area contributed by atoms with Crippen LogP contribution in [-0.2, 0) is 6.18 Å².